The molecule has 0 N–H and O–H groups in total. The zero-order valence-corrected chi connectivity index (χ0v) is 21.0. The predicted octanol–water partition coefficient (Wildman–Crippen LogP) is 3.67. The molecule has 186 valence electrons. The number of piperidine rings is 1. The fraction of sp³-hybridized carbons (Fsp3) is 0.583. The second-order valence-corrected chi connectivity index (χ2v) is 11.2. The first kappa shape index (κ1) is 24.8. The monoisotopic (exact) mass is 491 g/mol. The van der Waals surface area contributed by atoms with E-state index in [2.05, 4.69) is 35.6 Å². The van der Waals surface area contributed by atoms with Gasteiger partial charge in [-0.1, -0.05) is 12.1 Å². The van der Waals surface area contributed by atoms with E-state index in [9.17, 15) is 8.42 Å². The molecule has 34 heavy (non-hydrogen) atoms. The van der Waals surface area contributed by atoms with E-state index in [0.29, 0.717) is 23.9 Å². The minimum absolute atomic E-state index is 0.0191. The minimum atomic E-state index is -3.82. The van der Waals surface area contributed by atoms with Crippen molar-refractivity contribution in [2.45, 2.75) is 58.6 Å². The van der Waals surface area contributed by atoms with Crippen LogP contribution in [0.25, 0.3) is 0 Å². The number of benzene rings is 1. The van der Waals surface area contributed by atoms with Gasteiger partial charge in [-0.25, -0.2) is 18.3 Å². The molecule has 2 aromatic rings. The summed E-state index contributed by atoms with van der Waals surface area (Å²) in [6, 6.07) is 7.60. The van der Waals surface area contributed by atoms with Crippen LogP contribution in [0.2, 0.25) is 0 Å². The van der Waals surface area contributed by atoms with E-state index >= 15 is 0 Å². The molecule has 2 saturated heterocycles. The van der Waals surface area contributed by atoms with Gasteiger partial charge in [-0.05, 0) is 64.7 Å². The lowest BCUT2D eigenvalue weighted by atomic mass is 9.99. The van der Waals surface area contributed by atoms with Gasteiger partial charge in [0.05, 0.1) is 18.8 Å². The Bertz CT molecular complexity index is 1060. The van der Waals surface area contributed by atoms with Crippen LogP contribution >= 0.6 is 0 Å². The van der Waals surface area contributed by atoms with E-state index < -0.39 is 10.4 Å². The lowest BCUT2D eigenvalue weighted by Crippen LogP contribution is -2.48. The minimum Gasteiger partial charge on any atom is -0.474 e. The molecular formula is C24H33N3O6S. The van der Waals surface area contributed by atoms with Crippen LogP contribution in [0.15, 0.2) is 30.6 Å². The standard InChI is InChI=1S/C24H33N3O6S/c1-17-22(25-16-26-23(17)33-21-9-11-27(12-10-21)24(2,3)4)32-20-7-5-18(6-8-20)13-19-14-30-34(28,29)31-15-19/h5-8,16,19,21H,9-15H2,1-4H3. The lowest BCUT2D eigenvalue weighted by molar-refractivity contribution is 0.0467. The quantitative estimate of drug-likeness (QED) is 0.599. The van der Waals surface area contributed by atoms with Gasteiger partial charge in [-0.15, -0.1) is 0 Å². The molecule has 2 aliphatic rings. The van der Waals surface area contributed by atoms with Gasteiger partial charge in [-0.2, -0.15) is 8.42 Å². The zero-order chi connectivity index (χ0) is 24.3. The van der Waals surface area contributed by atoms with Crippen LogP contribution in [0.5, 0.6) is 17.5 Å². The first-order valence-electron chi connectivity index (χ1n) is 11.6. The number of nitrogens with zero attached hydrogens (tertiary/aromatic N) is 3. The van der Waals surface area contributed by atoms with Crippen LogP contribution < -0.4 is 9.47 Å². The lowest BCUT2D eigenvalue weighted by Gasteiger charge is -2.40. The molecule has 0 bridgehead atoms. The van der Waals surface area contributed by atoms with Gasteiger partial charge in [0, 0.05) is 24.5 Å². The molecule has 3 heterocycles. The maximum absolute atomic E-state index is 11.2. The Kier molecular flexibility index (Phi) is 7.42. The molecule has 0 aliphatic carbocycles. The highest BCUT2D eigenvalue weighted by molar-refractivity contribution is 7.81. The maximum atomic E-state index is 11.2. The van der Waals surface area contributed by atoms with Crippen LogP contribution in [-0.2, 0) is 25.2 Å². The number of rotatable bonds is 6. The average molecular weight is 492 g/mol. The third-order valence-electron chi connectivity index (χ3n) is 6.22. The summed E-state index contributed by atoms with van der Waals surface area (Å²) in [5.74, 6) is 1.65. The molecule has 2 fully saturated rings. The number of ether oxygens (including phenoxy) is 2. The summed E-state index contributed by atoms with van der Waals surface area (Å²) >= 11 is 0. The maximum Gasteiger partial charge on any atom is 0.399 e. The fourth-order valence-corrected chi connectivity index (χ4v) is 4.93. The number of hydrogen-bond donors (Lipinski definition) is 0. The highest BCUT2D eigenvalue weighted by Gasteiger charge is 2.29. The molecule has 10 heteroatoms. The van der Waals surface area contributed by atoms with Gasteiger partial charge in [0.2, 0.25) is 11.8 Å². The summed E-state index contributed by atoms with van der Waals surface area (Å²) in [5, 5.41) is 0. The molecule has 1 aromatic heterocycles. The van der Waals surface area contributed by atoms with Crippen molar-refractivity contribution in [3.63, 3.8) is 0 Å². The second kappa shape index (κ2) is 10.2. The molecule has 0 amide bonds. The summed E-state index contributed by atoms with van der Waals surface area (Å²) in [5.41, 5.74) is 1.97. The van der Waals surface area contributed by atoms with Crippen LogP contribution in [0, 0.1) is 12.8 Å². The van der Waals surface area contributed by atoms with Crippen molar-refractivity contribution in [3.05, 3.63) is 41.7 Å². The van der Waals surface area contributed by atoms with E-state index in [1.54, 1.807) is 0 Å². The predicted molar refractivity (Wildman–Crippen MR) is 126 cm³/mol. The molecule has 0 spiro atoms. The molecule has 0 unspecified atom stereocenters. The average Bonchev–Trinajstić information content (AvgIpc) is 2.79. The van der Waals surface area contributed by atoms with Crippen molar-refractivity contribution in [2.24, 2.45) is 5.92 Å². The highest BCUT2D eigenvalue weighted by Crippen LogP contribution is 2.30. The van der Waals surface area contributed by atoms with Crippen molar-refractivity contribution in [1.82, 2.24) is 14.9 Å². The van der Waals surface area contributed by atoms with Crippen LogP contribution in [0.3, 0.4) is 0 Å². The molecule has 0 saturated carbocycles. The Hall–Kier alpha value is -2.27. The van der Waals surface area contributed by atoms with E-state index in [-0.39, 0.29) is 30.8 Å². The molecule has 0 radical (unpaired) electrons. The Morgan fingerprint density at radius 2 is 1.65 bits per heavy atom. The van der Waals surface area contributed by atoms with Crippen LogP contribution in [-0.4, -0.2) is 61.2 Å². The molecule has 2 aliphatic heterocycles. The van der Waals surface area contributed by atoms with E-state index in [0.717, 1.165) is 37.1 Å². The largest absolute Gasteiger partial charge is 0.474 e. The normalized spacial score (nSPS) is 20.2. The smallest absolute Gasteiger partial charge is 0.399 e. The van der Waals surface area contributed by atoms with E-state index in [1.807, 2.05) is 31.2 Å². The second-order valence-electron chi connectivity index (χ2n) is 9.88. The molecular weight excluding hydrogens is 458 g/mol. The first-order chi connectivity index (χ1) is 16.1. The Morgan fingerprint density at radius 3 is 2.26 bits per heavy atom. The highest BCUT2D eigenvalue weighted by atomic mass is 32.3. The van der Waals surface area contributed by atoms with Crippen molar-refractivity contribution >= 4 is 10.4 Å². The third kappa shape index (κ3) is 6.44. The van der Waals surface area contributed by atoms with Gasteiger partial charge in [0.1, 0.15) is 18.2 Å². The van der Waals surface area contributed by atoms with Crippen LogP contribution in [0.4, 0.5) is 0 Å². The Morgan fingerprint density at radius 1 is 1.03 bits per heavy atom. The molecule has 9 nitrogen and oxygen atoms in total. The summed E-state index contributed by atoms with van der Waals surface area (Å²) in [6.07, 6.45) is 4.16. The molecule has 0 atom stereocenters. The van der Waals surface area contributed by atoms with Crippen molar-refractivity contribution in [3.8, 4) is 17.5 Å². The Labute approximate surface area is 201 Å². The number of hydrogen-bond acceptors (Lipinski definition) is 9. The van der Waals surface area contributed by atoms with Gasteiger partial charge in [0.25, 0.3) is 0 Å². The number of likely N-dealkylation sites (tertiary alicyclic amines) is 1. The Balaban J connectivity index is 1.33. The first-order valence-corrected chi connectivity index (χ1v) is 13.0. The topological polar surface area (TPSA) is 100 Å². The number of aromatic nitrogens is 2. The molecule has 1 aromatic carbocycles. The summed E-state index contributed by atoms with van der Waals surface area (Å²) < 4.78 is 44.1. The van der Waals surface area contributed by atoms with Gasteiger partial charge < -0.3 is 9.47 Å². The van der Waals surface area contributed by atoms with E-state index in [4.69, 9.17) is 17.8 Å². The van der Waals surface area contributed by atoms with Gasteiger partial charge in [0.15, 0.2) is 0 Å². The molecule has 4 rings (SSSR count). The zero-order valence-electron chi connectivity index (χ0n) is 20.2. The van der Waals surface area contributed by atoms with Crippen LogP contribution in [0.1, 0.15) is 44.7 Å². The van der Waals surface area contributed by atoms with E-state index in [1.165, 1.54) is 6.33 Å². The van der Waals surface area contributed by atoms with Gasteiger partial charge in [-0.3, -0.25) is 4.90 Å². The third-order valence-corrected chi connectivity index (χ3v) is 7.07. The van der Waals surface area contributed by atoms with Gasteiger partial charge >= 0.3 is 10.4 Å². The summed E-state index contributed by atoms with van der Waals surface area (Å²) in [7, 11) is -3.82. The SMILES string of the molecule is Cc1c(Oc2ccc(CC3COS(=O)(=O)OC3)cc2)ncnc1OC1CCN(C(C)(C)C)CC1. The van der Waals surface area contributed by atoms with Crippen molar-refractivity contribution in [1.29, 1.82) is 0 Å². The fourth-order valence-electron chi connectivity index (χ4n) is 4.14. The summed E-state index contributed by atoms with van der Waals surface area (Å²) in [6.45, 7) is 10.9. The summed E-state index contributed by atoms with van der Waals surface area (Å²) in [4.78, 5) is 11.1. The van der Waals surface area contributed by atoms with Crippen molar-refractivity contribution < 1.29 is 26.3 Å². The van der Waals surface area contributed by atoms with Crippen molar-refractivity contribution in [2.75, 3.05) is 26.3 Å².